The number of para-hydroxylation sites is 2. The van der Waals surface area contributed by atoms with Gasteiger partial charge in [-0.05, 0) is 0 Å². The van der Waals surface area contributed by atoms with Gasteiger partial charge in [0.1, 0.15) is 0 Å². The van der Waals surface area contributed by atoms with Crippen molar-refractivity contribution >= 4 is 94.6 Å². The van der Waals surface area contributed by atoms with Crippen molar-refractivity contribution in [3.8, 4) is 0 Å². The first-order chi connectivity index (χ1) is 13.6. The predicted molar refractivity (Wildman–Crippen MR) is 124 cm³/mol. The summed E-state index contributed by atoms with van der Waals surface area (Å²) in [6.07, 6.45) is 2.01. The minimum atomic E-state index is -0.00323. The fourth-order valence-corrected chi connectivity index (χ4v) is 8.77. The number of rotatable bonds is 2. The van der Waals surface area contributed by atoms with Gasteiger partial charge in [0.15, 0.2) is 0 Å². The molecule has 3 heterocycles. The molecule has 28 heavy (non-hydrogen) atoms. The Labute approximate surface area is 185 Å². The van der Waals surface area contributed by atoms with E-state index in [9.17, 15) is 4.79 Å². The van der Waals surface area contributed by atoms with E-state index in [4.69, 9.17) is 12.2 Å². The maximum atomic E-state index is 12.3. The van der Waals surface area contributed by atoms with Gasteiger partial charge in [-0.2, -0.15) is 0 Å². The van der Waals surface area contributed by atoms with Crippen LogP contribution < -0.4 is 13.8 Å². The molecule has 2 aliphatic heterocycles. The van der Waals surface area contributed by atoms with Crippen molar-refractivity contribution in [2.45, 2.75) is 0 Å². The molecule has 3 nitrogen and oxygen atoms in total. The molecule has 2 aliphatic rings. The number of carbonyl (C=O) groups excluding carboxylic acids is 1. The summed E-state index contributed by atoms with van der Waals surface area (Å²) in [4.78, 5) is 17.0. The van der Waals surface area contributed by atoms with Crippen LogP contribution in [-0.4, -0.2) is 51.6 Å². The van der Waals surface area contributed by atoms with Gasteiger partial charge < -0.3 is 0 Å². The van der Waals surface area contributed by atoms with Crippen molar-refractivity contribution in [3.63, 3.8) is 0 Å². The van der Waals surface area contributed by atoms with E-state index < -0.39 is 0 Å². The Morgan fingerprint density at radius 3 is 2.21 bits per heavy atom. The zero-order valence-electron chi connectivity index (χ0n) is 14.8. The van der Waals surface area contributed by atoms with Gasteiger partial charge in [-0.1, -0.05) is 0 Å². The predicted octanol–water partition coefficient (Wildman–Crippen LogP) is 3.01. The molecule has 0 atom stereocenters. The number of nitrogens with zero attached hydrogens (tertiary/aromatic N) is 2. The van der Waals surface area contributed by atoms with E-state index in [2.05, 4.69) is 65.6 Å². The van der Waals surface area contributed by atoms with Gasteiger partial charge >= 0.3 is 186 Å². The molecule has 1 saturated heterocycles. The standard InChI is InChI=1S/C21H14N2OS2Se2/c1-22-20(24)16(26-21(22)25)12-13-10-11-19(27-13)23-14-6-2-4-8-17(14)28-18-9-5-3-7-15(18)23/h2-12H,1H3/b16-12+. The van der Waals surface area contributed by atoms with E-state index in [1.54, 1.807) is 11.9 Å². The molecular weight excluding hydrogens is 518 g/mol. The molecule has 0 unspecified atom stereocenters. The molecule has 1 amide bonds. The normalized spacial score (nSPS) is 17.2. The Balaban J connectivity index is 1.57. The third kappa shape index (κ3) is 3.13. The molecular formula is C21H14N2OS2Se2. The number of fused-ring (bicyclic) bond motifs is 2. The summed E-state index contributed by atoms with van der Waals surface area (Å²) < 4.78 is 5.93. The van der Waals surface area contributed by atoms with Crippen LogP contribution in [0.4, 0.5) is 15.9 Å². The van der Waals surface area contributed by atoms with E-state index in [1.807, 2.05) is 6.08 Å². The van der Waals surface area contributed by atoms with Crippen LogP contribution >= 0.6 is 24.0 Å². The van der Waals surface area contributed by atoms with Gasteiger partial charge in [0.25, 0.3) is 0 Å². The number of thiocarbonyl (C=S) groups is 1. The Morgan fingerprint density at radius 2 is 1.61 bits per heavy atom. The second-order valence-corrected chi connectivity index (χ2v) is 12.5. The van der Waals surface area contributed by atoms with Gasteiger partial charge in [0.2, 0.25) is 0 Å². The quantitative estimate of drug-likeness (QED) is 0.225. The number of amides is 1. The van der Waals surface area contributed by atoms with E-state index in [0.717, 1.165) is 4.91 Å². The number of likely N-dealkylation sites (N-methyl/N-ethyl adjacent to an activating group) is 1. The first-order valence-corrected chi connectivity index (χ1v) is 13.2. The number of thioether (sulfide) groups is 1. The van der Waals surface area contributed by atoms with Crippen LogP contribution in [0, 0.1) is 0 Å². The summed E-state index contributed by atoms with van der Waals surface area (Å²) in [5.41, 5.74) is 2.56. The summed E-state index contributed by atoms with van der Waals surface area (Å²) in [5.74, 6) is -0.00323. The summed E-state index contributed by atoms with van der Waals surface area (Å²) in [5, 5.41) is 0. The Hall–Kier alpha value is -1.59. The molecule has 0 bridgehead atoms. The third-order valence-corrected chi connectivity index (χ3v) is 10.5. The molecule has 1 fully saturated rings. The van der Waals surface area contributed by atoms with Crippen LogP contribution in [0.5, 0.6) is 0 Å². The molecule has 0 saturated carbocycles. The van der Waals surface area contributed by atoms with Crippen LogP contribution in [0.1, 0.15) is 4.44 Å². The van der Waals surface area contributed by atoms with Crippen LogP contribution in [0.25, 0.3) is 6.08 Å². The van der Waals surface area contributed by atoms with E-state index in [-0.39, 0.29) is 20.4 Å². The number of benzene rings is 2. The zero-order chi connectivity index (χ0) is 19.3. The van der Waals surface area contributed by atoms with Gasteiger partial charge in [-0.15, -0.1) is 0 Å². The molecule has 138 valence electrons. The maximum absolute atomic E-state index is 12.3. The van der Waals surface area contributed by atoms with Crippen molar-refractivity contribution in [2.24, 2.45) is 0 Å². The fourth-order valence-electron chi connectivity index (χ4n) is 3.16. The van der Waals surface area contributed by atoms with Crippen molar-refractivity contribution in [3.05, 3.63) is 70.0 Å². The average Bonchev–Trinajstić information content (AvgIpc) is 3.26. The Morgan fingerprint density at radius 1 is 0.964 bits per heavy atom. The first-order valence-electron chi connectivity index (χ1n) is 8.59. The summed E-state index contributed by atoms with van der Waals surface area (Å²) >= 11 is 7.08. The summed E-state index contributed by atoms with van der Waals surface area (Å²) in [7, 11) is 1.74. The second kappa shape index (κ2) is 7.34. The molecule has 3 aromatic rings. The topological polar surface area (TPSA) is 23.6 Å². The van der Waals surface area contributed by atoms with Gasteiger partial charge in [0.05, 0.1) is 0 Å². The van der Waals surface area contributed by atoms with Gasteiger partial charge in [0, 0.05) is 0 Å². The zero-order valence-corrected chi connectivity index (χ0v) is 19.8. The van der Waals surface area contributed by atoms with Crippen LogP contribution in [0.3, 0.4) is 0 Å². The van der Waals surface area contributed by atoms with Gasteiger partial charge in [-0.3, -0.25) is 0 Å². The number of carbonyl (C=O) groups is 1. The van der Waals surface area contributed by atoms with Crippen molar-refractivity contribution in [1.29, 1.82) is 0 Å². The number of hydrogen-bond acceptors (Lipinski definition) is 4. The Kier molecular flexibility index (Phi) is 4.83. The first kappa shape index (κ1) is 18.4. The van der Waals surface area contributed by atoms with Crippen molar-refractivity contribution in [2.75, 3.05) is 11.9 Å². The Bertz CT molecular complexity index is 1110. The molecule has 7 heteroatoms. The fraction of sp³-hybridized carbons (Fsp3) is 0.0476. The van der Waals surface area contributed by atoms with Crippen molar-refractivity contribution in [1.82, 2.24) is 4.90 Å². The van der Waals surface area contributed by atoms with Crippen LogP contribution in [0.15, 0.2) is 65.6 Å². The van der Waals surface area contributed by atoms with Crippen molar-refractivity contribution < 1.29 is 4.79 Å². The van der Waals surface area contributed by atoms with Gasteiger partial charge in [-0.25, -0.2) is 0 Å². The summed E-state index contributed by atoms with van der Waals surface area (Å²) in [6, 6.07) is 21.7. The minimum absolute atomic E-state index is 0.00323. The second-order valence-electron chi connectivity index (χ2n) is 6.29. The third-order valence-electron chi connectivity index (χ3n) is 4.53. The van der Waals surface area contributed by atoms with E-state index in [1.165, 1.54) is 41.1 Å². The van der Waals surface area contributed by atoms with E-state index in [0.29, 0.717) is 19.3 Å². The SMILES string of the molecule is CN1C(=O)/C(=C\c2ccc(N3c4ccccc4[Se]c4ccccc43)[se]2)SC1=S. The average molecular weight is 532 g/mol. The van der Waals surface area contributed by atoms with Crippen LogP contribution in [-0.2, 0) is 4.79 Å². The van der Waals surface area contributed by atoms with E-state index >= 15 is 0 Å². The molecule has 0 radical (unpaired) electrons. The number of hydrogen-bond donors (Lipinski definition) is 0. The van der Waals surface area contributed by atoms with Crippen LogP contribution in [0.2, 0.25) is 0 Å². The molecule has 2 aromatic carbocycles. The summed E-state index contributed by atoms with van der Waals surface area (Å²) in [6.45, 7) is 0. The molecule has 0 N–H and O–H groups in total. The molecule has 0 spiro atoms. The number of anilines is 3. The molecule has 1 aromatic heterocycles. The molecule has 5 rings (SSSR count). The molecule has 0 aliphatic carbocycles. The monoisotopic (exact) mass is 534 g/mol.